The Labute approximate surface area is 155 Å². The number of pyridine rings is 1. The molecule has 27 heavy (non-hydrogen) atoms. The maximum atomic E-state index is 12.5. The number of nitrogens with zero attached hydrogens (tertiary/aromatic N) is 3. The van der Waals surface area contributed by atoms with Gasteiger partial charge in [-0.1, -0.05) is 6.07 Å². The minimum atomic E-state index is -0.0350. The topological polar surface area (TPSA) is 77.7 Å². The van der Waals surface area contributed by atoms with Crippen molar-refractivity contribution in [2.45, 2.75) is 19.5 Å². The predicted octanol–water partition coefficient (Wildman–Crippen LogP) is 2.87. The van der Waals surface area contributed by atoms with Gasteiger partial charge in [0.1, 0.15) is 5.82 Å². The summed E-state index contributed by atoms with van der Waals surface area (Å²) in [6.07, 6.45) is 6.11. The molecule has 6 heteroatoms. The highest BCUT2D eigenvalue weighted by Crippen LogP contribution is 2.21. The quantitative estimate of drug-likeness (QED) is 0.591. The molecule has 0 atom stereocenters. The zero-order chi connectivity index (χ0) is 18.2. The van der Waals surface area contributed by atoms with Gasteiger partial charge in [-0.05, 0) is 47.7 Å². The molecule has 2 N–H and O–H groups in total. The number of nitrogens with one attached hydrogen (secondary N) is 2. The van der Waals surface area contributed by atoms with Crippen molar-refractivity contribution in [3.05, 3.63) is 82.2 Å². The summed E-state index contributed by atoms with van der Waals surface area (Å²) in [4.78, 5) is 29.8. The second kappa shape index (κ2) is 6.48. The first-order valence-corrected chi connectivity index (χ1v) is 9.07. The molecule has 0 unspecified atom stereocenters. The lowest BCUT2D eigenvalue weighted by Gasteiger charge is -2.27. The number of benzene rings is 1. The Balaban J connectivity index is 1.42. The molecule has 5 rings (SSSR count). The fraction of sp³-hybridized carbons (Fsp3) is 0.190. The van der Waals surface area contributed by atoms with Crippen molar-refractivity contribution in [1.82, 2.24) is 24.8 Å². The molecule has 0 saturated heterocycles. The highest BCUT2D eigenvalue weighted by molar-refractivity contribution is 5.79. The van der Waals surface area contributed by atoms with E-state index in [9.17, 15) is 4.79 Å². The van der Waals surface area contributed by atoms with Gasteiger partial charge in [0.05, 0.1) is 5.69 Å². The molecule has 1 aliphatic rings. The Morgan fingerprint density at radius 3 is 3.04 bits per heavy atom. The molecule has 0 spiro atoms. The highest BCUT2D eigenvalue weighted by atomic mass is 16.1. The molecule has 0 aliphatic carbocycles. The third kappa shape index (κ3) is 3.04. The number of H-pyrrole nitrogens is 2. The first kappa shape index (κ1) is 16.0. The van der Waals surface area contributed by atoms with Crippen LogP contribution >= 0.6 is 0 Å². The van der Waals surface area contributed by atoms with E-state index in [-0.39, 0.29) is 5.56 Å². The number of rotatable bonds is 3. The SMILES string of the molecule is O=c1[nH]c(-c2cccnc2)nc2c1CCN(Cc1ccc3[nH]ccc3c1)C2. The maximum Gasteiger partial charge on any atom is 0.254 e. The minimum Gasteiger partial charge on any atom is -0.361 e. The molecule has 6 nitrogen and oxygen atoms in total. The normalized spacial score (nSPS) is 14.4. The summed E-state index contributed by atoms with van der Waals surface area (Å²) in [5.74, 6) is 0.586. The molecule has 1 aromatic carbocycles. The maximum absolute atomic E-state index is 12.5. The lowest BCUT2D eigenvalue weighted by atomic mass is 10.0. The van der Waals surface area contributed by atoms with Crippen LogP contribution < -0.4 is 5.56 Å². The minimum absolute atomic E-state index is 0.0350. The lowest BCUT2D eigenvalue weighted by Crippen LogP contribution is -2.35. The molecule has 0 radical (unpaired) electrons. The Kier molecular flexibility index (Phi) is 3.83. The van der Waals surface area contributed by atoms with Crippen LogP contribution in [-0.4, -0.2) is 31.4 Å². The second-order valence-electron chi connectivity index (χ2n) is 6.94. The van der Waals surface area contributed by atoms with E-state index in [1.165, 1.54) is 10.9 Å². The summed E-state index contributed by atoms with van der Waals surface area (Å²) in [6.45, 7) is 2.38. The molecule has 0 fully saturated rings. The fourth-order valence-electron chi connectivity index (χ4n) is 3.73. The van der Waals surface area contributed by atoms with Crippen molar-refractivity contribution < 1.29 is 0 Å². The molecular formula is C21H19N5O. The lowest BCUT2D eigenvalue weighted by molar-refractivity contribution is 0.240. The van der Waals surface area contributed by atoms with Crippen LogP contribution in [-0.2, 0) is 19.5 Å². The predicted molar refractivity (Wildman–Crippen MR) is 104 cm³/mol. The summed E-state index contributed by atoms with van der Waals surface area (Å²) in [5.41, 5.74) is 4.88. The van der Waals surface area contributed by atoms with E-state index < -0.39 is 0 Å². The van der Waals surface area contributed by atoms with E-state index in [4.69, 9.17) is 4.98 Å². The van der Waals surface area contributed by atoms with E-state index in [0.29, 0.717) is 12.4 Å². The van der Waals surface area contributed by atoms with Crippen LogP contribution in [0.2, 0.25) is 0 Å². The van der Waals surface area contributed by atoms with Gasteiger partial charge in [0.25, 0.3) is 5.56 Å². The summed E-state index contributed by atoms with van der Waals surface area (Å²) < 4.78 is 0. The molecule has 134 valence electrons. The van der Waals surface area contributed by atoms with Crippen LogP contribution in [0.15, 0.2) is 59.8 Å². The zero-order valence-corrected chi connectivity index (χ0v) is 14.8. The van der Waals surface area contributed by atoms with Gasteiger partial charge in [-0.3, -0.25) is 14.7 Å². The Bertz CT molecular complexity index is 1160. The first-order chi connectivity index (χ1) is 13.3. The van der Waals surface area contributed by atoms with Crippen LogP contribution in [0.1, 0.15) is 16.8 Å². The van der Waals surface area contributed by atoms with Crippen LogP contribution in [0.4, 0.5) is 0 Å². The van der Waals surface area contributed by atoms with Crippen molar-refractivity contribution in [2.24, 2.45) is 0 Å². The van der Waals surface area contributed by atoms with E-state index in [1.807, 2.05) is 18.3 Å². The molecule has 3 aromatic heterocycles. The average molecular weight is 357 g/mol. The summed E-state index contributed by atoms with van der Waals surface area (Å²) in [7, 11) is 0. The third-order valence-corrected chi connectivity index (χ3v) is 5.11. The number of aromatic amines is 2. The van der Waals surface area contributed by atoms with E-state index in [1.54, 1.807) is 12.4 Å². The van der Waals surface area contributed by atoms with Crippen molar-refractivity contribution in [1.29, 1.82) is 0 Å². The van der Waals surface area contributed by atoms with Crippen LogP contribution in [0, 0.1) is 0 Å². The number of aromatic nitrogens is 4. The van der Waals surface area contributed by atoms with Gasteiger partial charge < -0.3 is 9.97 Å². The Morgan fingerprint density at radius 1 is 1.19 bits per heavy atom. The van der Waals surface area contributed by atoms with Crippen LogP contribution in [0.3, 0.4) is 0 Å². The Hall–Kier alpha value is -3.25. The molecule has 4 aromatic rings. The van der Waals surface area contributed by atoms with Gasteiger partial charge in [-0.2, -0.15) is 0 Å². The van der Waals surface area contributed by atoms with Gasteiger partial charge in [-0.15, -0.1) is 0 Å². The van der Waals surface area contributed by atoms with E-state index in [2.05, 4.69) is 44.1 Å². The molecule has 0 amide bonds. The van der Waals surface area contributed by atoms with Gasteiger partial charge in [0.2, 0.25) is 0 Å². The summed E-state index contributed by atoms with van der Waals surface area (Å²) >= 11 is 0. The van der Waals surface area contributed by atoms with Gasteiger partial charge >= 0.3 is 0 Å². The monoisotopic (exact) mass is 357 g/mol. The van der Waals surface area contributed by atoms with Crippen LogP contribution in [0.5, 0.6) is 0 Å². The second-order valence-corrected chi connectivity index (χ2v) is 6.94. The molecule has 1 aliphatic heterocycles. The highest BCUT2D eigenvalue weighted by Gasteiger charge is 2.21. The van der Waals surface area contributed by atoms with Crippen LogP contribution in [0.25, 0.3) is 22.3 Å². The first-order valence-electron chi connectivity index (χ1n) is 9.07. The van der Waals surface area contributed by atoms with Gasteiger partial charge in [-0.25, -0.2) is 4.98 Å². The van der Waals surface area contributed by atoms with Crippen molar-refractivity contribution in [2.75, 3.05) is 6.54 Å². The molecule has 4 heterocycles. The standard InChI is InChI=1S/C21H19N5O/c27-21-17-6-9-26(12-14-3-4-18-15(10-14)5-8-23-18)13-19(17)24-20(25-21)16-2-1-7-22-11-16/h1-5,7-8,10-11,23H,6,9,12-13H2,(H,24,25,27). The summed E-state index contributed by atoms with van der Waals surface area (Å²) in [5, 5.41) is 1.22. The molecular weight excluding hydrogens is 338 g/mol. The molecule has 0 bridgehead atoms. The van der Waals surface area contributed by atoms with E-state index >= 15 is 0 Å². The van der Waals surface area contributed by atoms with E-state index in [0.717, 1.165) is 41.8 Å². The summed E-state index contributed by atoms with van der Waals surface area (Å²) in [6, 6.07) is 12.3. The number of hydrogen-bond donors (Lipinski definition) is 2. The smallest absolute Gasteiger partial charge is 0.254 e. The van der Waals surface area contributed by atoms with Crippen molar-refractivity contribution in [3.63, 3.8) is 0 Å². The Morgan fingerprint density at radius 2 is 2.15 bits per heavy atom. The van der Waals surface area contributed by atoms with Crippen molar-refractivity contribution in [3.8, 4) is 11.4 Å². The molecule has 0 saturated carbocycles. The average Bonchev–Trinajstić information content (AvgIpc) is 3.16. The zero-order valence-electron chi connectivity index (χ0n) is 14.8. The van der Waals surface area contributed by atoms with Crippen molar-refractivity contribution >= 4 is 10.9 Å². The number of fused-ring (bicyclic) bond motifs is 2. The largest absolute Gasteiger partial charge is 0.361 e. The van der Waals surface area contributed by atoms with Gasteiger partial charge in [0, 0.05) is 54.9 Å². The number of hydrogen-bond acceptors (Lipinski definition) is 4. The fourth-order valence-corrected chi connectivity index (χ4v) is 3.73. The van der Waals surface area contributed by atoms with Gasteiger partial charge in [0.15, 0.2) is 0 Å². The third-order valence-electron chi connectivity index (χ3n) is 5.11.